The number of unbranched alkanes of at least 4 members (excludes halogenated alkanes) is 2. The van der Waals surface area contributed by atoms with Crippen molar-refractivity contribution in [3.63, 3.8) is 0 Å². The SMILES string of the molecule is O=C(CCCCCn1c(=S)[nH]c2ccccc2c1=O)N1CCO[C@@H](c2ccccc2)C1. The summed E-state index contributed by atoms with van der Waals surface area (Å²) in [5.41, 5.74) is 1.81. The van der Waals surface area contributed by atoms with Crippen molar-refractivity contribution < 1.29 is 9.53 Å². The highest BCUT2D eigenvalue weighted by Gasteiger charge is 2.24. The van der Waals surface area contributed by atoms with Gasteiger partial charge >= 0.3 is 0 Å². The van der Waals surface area contributed by atoms with Gasteiger partial charge in [-0.1, -0.05) is 48.9 Å². The molecule has 0 spiro atoms. The van der Waals surface area contributed by atoms with Gasteiger partial charge in [-0.2, -0.15) is 0 Å². The van der Waals surface area contributed by atoms with E-state index < -0.39 is 0 Å². The van der Waals surface area contributed by atoms with E-state index in [1.807, 2.05) is 59.5 Å². The molecule has 1 N–H and O–H groups in total. The minimum atomic E-state index is -0.0595. The quantitative estimate of drug-likeness (QED) is 0.444. The van der Waals surface area contributed by atoms with E-state index in [2.05, 4.69) is 4.98 Å². The fraction of sp³-hybridized carbons (Fsp3) is 0.375. The Balaban J connectivity index is 1.26. The number of H-pyrrole nitrogens is 1. The molecule has 1 saturated heterocycles. The maximum atomic E-state index is 12.7. The lowest BCUT2D eigenvalue weighted by Crippen LogP contribution is -2.42. The highest BCUT2D eigenvalue weighted by Crippen LogP contribution is 2.22. The number of hydrogen-bond acceptors (Lipinski definition) is 4. The highest BCUT2D eigenvalue weighted by molar-refractivity contribution is 7.71. The molecule has 4 rings (SSSR count). The lowest BCUT2D eigenvalue weighted by Gasteiger charge is -2.33. The Morgan fingerprint density at radius 1 is 1.06 bits per heavy atom. The van der Waals surface area contributed by atoms with Crippen LogP contribution in [-0.4, -0.2) is 40.1 Å². The maximum Gasteiger partial charge on any atom is 0.262 e. The zero-order valence-corrected chi connectivity index (χ0v) is 18.3. The predicted molar refractivity (Wildman–Crippen MR) is 124 cm³/mol. The second-order valence-corrected chi connectivity index (χ2v) is 8.24. The van der Waals surface area contributed by atoms with Crippen molar-refractivity contribution in [1.29, 1.82) is 0 Å². The second-order valence-electron chi connectivity index (χ2n) is 7.85. The Hall–Kier alpha value is -2.77. The Morgan fingerprint density at radius 3 is 2.68 bits per heavy atom. The number of benzene rings is 2. The summed E-state index contributed by atoms with van der Waals surface area (Å²) in [6.07, 6.45) is 2.93. The maximum absolute atomic E-state index is 12.7. The topological polar surface area (TPSA) is 67.3 Å². The van der Waals surface area contributed by atoms with Crippen LogP contribution in [0.25, 0.3) is 10.9 Å². The van der Waals surface area contributed by atoms with E-state index in [0.717, 1.165) is 30.3 Å². The van der Waals surface area contributed by atoms with Gasteiger partial charge in [0.15, 0.2) is 4.77 Å². The average Bonchev–Trinajstić information content (AvgIpc) is 2.81. The van der Waals surface area contributed by atoms with Gasteiger partial charge in [-0.15, -0.1) is 0 Å². The number of nitrogens with zero attached hydrogens (tertiary/aromatic N) is 2. The second kappa shape index (κ2) is 10.0. The Kier molecular flexibility index (Phi) is 6.94. The van der Waals surface area contributed by atoms with E-state index in [-0.39, 0.29) is 17.6 Å². The van der Waals surface area contributed by atoms with Crippen LogP contribution in [0, 0.1) is 4.77 Å². The molecule has 1 aromatic heterocycles. The van der Waals surface area contributed by atoms with Crippen molar-refractivity contribution in [2.45, 2.75) is 38.3 Å². The number of fused-ring (bicyclic) bond motifs is 1. The highest BCUT2D eigenvalue weighted by atomic mass is 32.1. The van der Waals surface area contributed by atoms with Crippen LogP contribution in [0.1, 0.15) is 37.4 Å². The molecule has 162 valence electrons. The zero-order chi connectivity index (χ0) is 21.6. The number of nitrogens with one attached hydrogen (secondary N) is 1. The van der Waals surface area contributed by atoms with Gasteiger partial charge in [0.05, 0.1) is 24.1 Å². The smallest absolute Gasteiger partial charge is 0.262 e. The van der Waals surface area contributed by atoms with Crippen LogP contribution in [0.3, 0.4) is 0 Å². The summed E-state index contributed by atoms with van der Waals surface area (Å²) in [4.78, 5) is 30.4. The first-order valence-electron chi connectivity index (χ1n) is 10.8. The molecule has 0 aliphatic carbocycles. The van der Waals surface area contributed by atoms with Crippen LogP contribution < -0.4 is 5.56 Å². The third kappa shape index (κ3) is 5.11. The summed E-state index contributed by atoms with van der Waals surface area (Å²) in [6, 6.07) is 17.4. The predicted octanol–water partition coefficient (Wildman–Crippen LogP) is 4.22. The molecule has 0 bridgehead atoms. The molecule has 2 heterocycles. The molecule has 0 unspecified atom stereocenters. The van der Waals surface area contributed by atoms with Gasteiger partial charge in [0.2, 0.25) is 5.91 Å². The minimum Gasteiger partial charge on any atom is -0.370 e. The van der Waals surface area contributed by atoms with Crippen LogP contribution in [0.4, 0.5) is 0 Å². The van der Waals surface area contributed by atoms with Gasteiger partial charge < -0.3 is 14.6 Å². The molecule has 31 heavy (non-hydrogen) atoms. The molecule has 1 amide bonds. The number of amides is 1. The average molecular weight is 438 g/mol. The fourth-order valence-electron chi connectivity index (χ4n) is 4.03. The van der Waals surface area contributed by atoms with Crippen molar-refractivity contribution in [3.05, 3.63) is 75.3 Å². The van der Waals surface area contributed by atoms with E-state index in [0.29, 0.717) is 42.8 Å². The first-order chi connectivity index (χ1) is 15.1. The van der Waals surface area contributed by atoms with Gasteiger partial charge in [0.25, 0.3) is 5.56 Å². The van der Waals surface area contributed by atoms with Gasteiger partial charge in [-0.05, 0) is 42.8 Å². The largest absolute Gasteiger partial charge is 0.370 e. The van der Waals surface area contributed by atoms with E-state index in [4.69, 9.17) is 17.0 Å². The molecule has 1 atom stereocenters. The first-order valence-corrected chi connectivity index (χ1v) is 11.2. The van der Waals surface area contributed by atoms with Crippen LogP contribution in [-0.2, 0) is 16.1 Å². The van der Waals surface area contributed by atoms with Crippen molar-refractivity contribution in [2.75, 3.05) is 19.7 Å². The van der Waals surface area contributed by atoms with Gasteiger partial charge in [0, 0.05) is 19.5 Å². The Morgan fingerprint density at radius 2 is 1.84 bits per heavy atom. The molecular formula is C24H27N3O3S. The van der Waals surface area contributed by atoms with E-state index in [9.17, 15) is 9.59 Å². The van der Waals surface area contributed by atoms with Crippen molar-refractivity contribution in [1.82, 2.24) is 14.5 Å². The Bertz CT molecular complexity index is 1160. The third-order valence-corrected chi connectivity index (χ3v) is 6.07. The van der Waals surface area contributed by atoms with Gasteiger partial charge in [0.1, 0.15) is 6.10 Å². The molecule has 1 fully saturated rings. The van der Waals surface area contributed by atoms with Crippen LogP contribution in [0.5, 0.6) is 0 Å². The van der Waals surface area contributed by atoms with Crippen molar-refractivity contribution in [3.8, 4) is 0 Å². The molecular weight excluding hydrogens is 410 g/mol. The number of aromatic amines is 1. The molecule has 7 heteroatoms. The van der Waals surface area contributed by atoms with E-state index in [1.165, 1.54) is 0 Å². The Labute approximate surface area is 186 Å². The van der Waals surface area contributed by atoms with E-state index in [1.54, 1.807) is 4.57 Å². The summed E-state index contributed by atoms with van der Waals surface area (Å²) in [5.74, 6) is 0.171. The molecule has 0 saturated carbocycles. The zero-order valence-electron chi connectivity index (χ0n) is 17.5. The normalized spacial score (nSPS) is 16.5. The molecule has 0 radical (unpaired) electrons. The summed E-state index contributed by atoms with van der Waals surface area (Å²) in [7, 11) is 0. The van der Waals surface area contributed by atoms with Crippen LogP contribution >= 0.6 is 12.2 Å². The van der Waals surface area contributed by atoms with Crippen LogP contribution in [0.2, 0.25) is 0 Å². The van der Waals surface area contributed by atoms with Crippen molar-refractivity contribution in [2.24, 2.45) is 0 Å². The number of ether oxygens (including phenoxy) is 1. The van der Waals surface area contributed by atoms with E-state index >= 15 is 0 Å². The number of para-hydroxylation sites is 1. The molecule has 1 aliphatic heterocycles. The van der Waals surface area contributed by atoms with Crippen molar-refractivity contribution >= 4 is 29.0 Å². The summed E-state index contributed by atoms with van der Waals surface area (Å²) >= 11 is 5.36. The number of aromatic nitrogens is 2. The standard InChI is InChI=1S/C24H27N3O3S/c28-22(26-15-16-30-21(17-26)18-9-3-1-4-10-18)13-5-2-8-14-27-23(29)19-11-6-7-12-20(19)25-24(27)31/h1,3-4,6-7,9-12,21H,2,5,8,13-17H2,(H,25,31)/t21-/m1/s1. The lowest BCUT2D eigenvalue weighted by molar-refractivity contribution is -0.139. The molecule has 2 aromatic carbocycles. The summed E-state index contributed by atoms with van der Waals surface area (Å²) in [5, 5.41) is 0.645. The van der Waals surface area contributed by atoms with Gasteiger partial charge in [-0.25, -0.2) is 0 Å². The minimum absolute atomic E-state index is 0.0552. The first kappa shape index (κ1) is 21.5. The number of rotatable bonds is 7. The fourth-order valence-corrected chi connectivity index (χ4v) is 4.31. The number of hydrogen-bond donors (Lipinski definition) is 1. The summed E-state index contributed by atoms with van der Waals surface area (Å²) in [6.45, 7) is 2.36. The molecule has 3 aromatic rings. The van der Waals surface area contributed by atoms with Crippen LogP contribution in [0.15, 0.2) is 59.4 Å². The lowest BCUT2D eigenvalue weighted by atomic mass is 10.1. The third-order valence-electron chi connectivity index (χ3n) is 5.75. The van der Waals surface area contributed by atoms with Gasteiger partial charge in [-0.3, -0.25) is 14.2 Å². The monoisotopic (exact) mass is 437 g/mol. The number of carbonyl (C=O) groups is 1. The molecule has 6 nitrogen and oxygen atoms in total. The number of carbonyl (C=O) groups excluding carboxylic acids is 1. The summed E-state index contributed by atoms with van der Waals surface area (Å²) < 4.78 is 7.91. The number of morpholine rings is 1. The molecule has 1 aliphatic rings.